The lowest BCUT2D eigenvalue weighted by Crippen LogP contribution is -2.17. The number of hydrogen-bond donors (Lipinski definition) is 1. The zero-order chi connectivity index (χ0) is 13.5. The van der Waals surface area contributed by atoms with Crippen molar-refractivity contribution in [3.8, 4) is 5.75 Å². The normalized spacial score (nSPS) is 11.9. The van der Waals surface area contributed by atoms with Gasteiger partial charge in [-0.3, -0.25) is 0 Å². The summed E-state index contributed by atoms with van der Waals surface area (Å²) in [7, 11) is 3.08. The Morgan fingerprint density at radius 3 is 2.72 bits per heavy atom. The van der Waals surface area contributed by atoms with Crippen LogP contribution in [-0.2, 0) is 9.47 Å². The fourth-order valence-electron chi connectivity index (χ4n) is 1.53. The van der Waals surface area contributed by atoms with Crippen molar-refractivity contribution in [2.75, 3.05) is 26.6 Å². The number of rotatable bonds is 6. The van der Waals surface area contributed by atoms with Gasteiger partial charge >= 0.3 is 5.97 Å². The molecule has 1 aromatic rings. The van der Waals surface area contributed by atoms with Crippen LogP contribution < -0.4 is 10.5 Å². The Bertz CT molecular complexity index is 406. The number of hydrogen-bond acceptors (Lipinski definition) is 5. The zero-order valence-corrected chi connectivity index (χ0v) is 10.9. The largest absolute Gasteiger partial charge is 0.494 e. The number of carbonyl (C=O) groups is 1. The molecule has 100 valence electrons. The van der Waals surface area contributed by atoms with Gasteiger partial charge in [0.2, 0.25) is 0 Å². The second-order valence-electron chi connectivity index (χ2n) is 3.93. The molecule has 0 bridgehead atoms. The summed E-state index contributed by atoms with van der Waals surface area (Å²) < 4.78 is 15.3. The molecule has 0 aliphatic rings. The van der Waals surface area contributed by atoms with E-state index in [0.717, 1.165) is 0 Å². The highest BCUT2D eigenvalue weighted by Gasteiger charge is 2.18. The lowest BCUT2D eigenvalue weighted by molar-refractivity contribution is 0.0263. The van der Waals surface area contributed by atoms with Crippen molar-refractivity contribution in [2.24, 2.45) is 0 Å². The van der Waals surface area contributed by atoms with Crippen LogP contribution in [0.15, 0.2) is 18.2 Å². The lowest BCUT2D eigenvalue weighted by Gasteiger charge is -2.15. The van der Waals surface area contributed by atoms with Crippen LogP contribution in [0.25, 0.3) is 0 Å². The van der Waals surface area contributed by atoms with Crippen LogP contribution in [0.2, 0.25) is 0 Å². The monoisotopic (exact) mass is 253 g/mol. The second-order valence-corrected chi connectivity index (χ2v) is 3.93. The summed E-state index contributed by atoms with van der Waals surface area (Å²) in [5.74, 6) is -0.0933. The van der Waals surface area contributed by atoms with Crippen molar-refractivity contribution in [3.63, 3.8) is 0 Å². The van der Waals surface area contributed by atoms with Gasteiger partial charge in [0.25, 0.3) is 0 Å². The number of carbonyl (C=O) groups excluding carboxylic acids is 1. The smallest absolute Gasteiger partial charge is 0.342 e. The molecule has 0 amide bonds. The molecular formula is C13H19NO4. The molecule has 5 heteroatoms. The topological polar surface area (TPSA) is 70.8 Å². The number of para-hydroxylation sites is 1. The first kappa shape index (κ1) is 14.3. The third-order valence-corrected chi connectivity index (χ3v) is 2.51. The molecule has 1 unspecified atom stereocenters. The highest BCUT2D eigenvalue weighted by atomic mass is 16.5. The zero-order valence-electron chi connectivity index (χ0n) is 10.9. The Morgan fingerprint density at radius 2 is 2.11 bits per heavy atom. The third kappa shape index (κ3) is 3.63. The summed E-state index contributed by atoms with van der Waals surface area (Å²) in [5.41, 5.74) is 6.48. The number of anilines is 1. The molecule has 0 saturated carbocycles. The van der Waals surface area contributed by atoms with E-state index in [4.69, 9.17) is 19.9 Å². The fraction of sp³-hybridized carbons (Fsp3) is 0.462. The summed E-state index contributed by atoms with van der Waals surface area (Å²) in [6.07, 6.45) is 0.427. The van der Waals surface area contributed by atoms with Crippen LogP contribution in [0, 0.1) is 0 Å². The number of benzene rings is 1. The van der Waals surface area contributed by atoms with Crippen LogP contribution in [0.3, 0.4) is 0 Å². The summed E-state index contributed by atoms with van der Waals surface area (Å²) in [6, 6.07) is 4.98. The number of nitrogens with two attached hydrogens (primary N) is 1. The predicted octanol–water partition coefficient (Wildman–Crippen LogP) is 1.86. The van der Waals surface area contributed by atoms with E-state index in [1.807, 2.05) is 6.92 Å². The molecule has 0 fully saturated rings. The summed E-state index contributed by atoms with van der Waals surface area (Å²) >= 11 is 0. The average molecular weight is 253 g/mol. The highest BCUT2D eigenvalue weighted by Crippen LogP contribution is 2.26. The highest BCUT2D eigenvalue weighted by molar-refractivity contribution is 5.94. The van der Waals surface area contributed by atoms with Gasteiger partial charge in [0.1, 0.15) is 11.7 Å². The molecule has 0 aromatic heterocycles. The van der Waals surface area contributed by atoms with Gasteiger partial charge < -0.3 is 19.9 Å². The maximum Gasteiger partial charge on any atom is 0.342 e. The van der Waals surface area contributed by atoms with Crippen molar-refractivity contribution in [1.29, 1.82) is 0 Å². The molecule has 0 aliphatic carbocycles. The van der Waals surface area contributed by atoms with E-state index in [9.17, 15) is 4.79 Å². The van der Waals surface area contributed by atoms with Gasteiger partial charge in [-0.2, -0.15) is 0 Å². The minimum absolute atomic E-state index is 0.219. The number of ether oxygens (including phenoxy) is 3. The molecule has 0 heterocycles. The van der Waals surface area contributed by atoms with Crippen LogP contribution >= 0.6 is 0 Å². The number of nitrogen functional groups attached to an aromatic ring is 1. The van der Waals surface area contributed by atoms with E-state index in [2.05, 4.69) is 0 Å². The van der Waals surface area contributed by atoms with Gasteiger partial charge in [-0.15, -0.1) is 0 Å². The number of esters is 1. The maximum atomic E-state index is 12.0. The van der Waals surface area contributed by atoms with Gasteiger partial charge in [-0.05, 0) is 19.1 Å². The van der Waals surface area contributed by atoms with Crippen molar-refractivity contribution in [2.45, 2.75) is 19.4 Å². The van der Waals surface area contributed by atoms with E-state index in [1.165, 1.54) is 7.11 Å². The lowest BCUT2D eigenvalue weighted by atomic mass is 10.1. The first-order chi connectivity index (χ1) is 8.60. The van der Waals surface area contributed by atoms with E-state index in [0.29, 0.717) is 30.0 Å². The molecule has 0 aliphatic heterocycles. The maximum absolute atomic E-state index is 12.0. The molecule has 0 saturated heterocycles. The summed E-state index contributed by atoms with van der Waals surface area (Å²) in [5, 5.41) is 0. The Balaban J connectivity index is 2.75. The Kier molecular flexibility index (Phi) is 5.45. The molecule has 1 atom stereocenters. The molecule has 1 rings (SSSR count). The Labute approximate surface area is 107 Å². The predicted molar refractivity (Wildman–Crippen MR) is 68.8 cm³/mol. The van der Waals surface area contributed by atoms with E-state index in [-0.39, 0.29) is 6.10 Å². The molecule has 1 aromatic carbocycles. The van der Waals surface area contributed by atoms with Gasteiger partial charge in [-0.1, -0.05) is 6.07 Å². The molecular weight excluding hydrogens is 234 g/mol. The van der Waals surface area contributed by atoms with Gasteiger partial charge in [0, 0.05) is 20.1 Å². The first-order valence-electron chi connectivity index (χ1n) is 5.72. The fourth-order valence-corrected chi connectivity index (χ4v) is 1.53. The third-order valence-electron chi connectivity index (χ3n) is 2.51. The van der Waals surface area contributed by atoms with Crippen LogP contribution in [0.1, 0.15) is 23.7 Å². The Hall–Kier alpha value is -1.75. The molecule has 0 spiro atoms. The van der Waals surface area contributed by atoms with Crippen molar-refractivity contribution < 1.29 is 19.0 Å². The van der Waals surface area contributed by atoms with Gasteiger partial charge in [0.15, 0.2) is 5.75 Å². The molecule has 18 heavy (non-hydrogen) atoms. The second kappa shape index (κ2) is 6.86. The molecule has 5 nitrogen and oxygen atoms in total. The molecule has 0 radical (unpaired) electrons. The van der Waals surface area contributed by atoms with Crippen molar-refractivity contribution >= 4 is 11.7 Å². The summed E-state index contributed by atoms with van der Waals surface area (Å²) in [4.78, 5) is 12.0. The van der Waals surface area contributed by atoms with Gasteiger partial charge in [0.05, 0.1) is 12.8 Å². The minimum atomic E-state index is -0.442. The quantitative estimate of drug-likeness (QED) is 0.619. The minimum Gasteiger partial charge on any atom is -0.494 e. The first-order valence-corrected chi connectivity index (χ1v) is 5.72. The van der Waals surface area contributed by atoms with Gasteiger partial charge in [-0.25, -0.2) is 4.79 Å². The summed E-state index contributed by atoms with van der Waals surface area (Å²) in [6.45, 7) is 2.36. The van der Waals surface area contributed by atoms with Crippen molar-refractivity contribution in [1.82, 2.24) is 0 Å². The van der Waals surface area contributed by atoms with E-state index >= 15 is 0 Å². The standard InChI is InChI=1S/C13H19NO4/c1-9(7-8-16-2)18-13(15)10-5-4-6-11(14)12(10)17-3/h4-6,9H,7-8,14H2,1-3H3. The SMILES string of the molecule is COCCC(C)OC(=O)c1cccc(N)c1OC. The van der Waals surface area contributed by atoms with E-state index in [1.54, 1.807) is 25.3 Å². The van der Waals surface area contributed by atoms with E-state index < -0.39 is 5.97 Å². The molecule has 2 N–H and O–H groups in total. The van der Waals surface area contributed by atoms with Crippen LogP contribution in [-0.4, -0.2) is 32.9 Å². The average Bonchev–Trinajstić information content (AvgIpc) is 2.35. The Morgan fingerprint density at radius 1 is 1.39 bits per heavy atom. The van der Waals surface area contributed by atoms with Crippen LogP contribution in [0.5, 0.6) is 5.75 Å². The van der Waals surface area contributed by atoms with Crippen LogP contribution in [0.4, 0.5) is 5.69 Å². The number of methoxy groups -OCH3 is 2. The van der Waals surface area contributed by atoms with Crippen molar-refractivity contribution in [3.05, 3.63) is 23.8 Å².